The Kier molecular flexibility index (Phi) is 10.3. The SMILES string of the molecule is CCNC(=NCc1cccc(S(=O)(=O)N2CCCCC2)c1)N1CCC(COC)C1.I. The minimum absolute atomic E-state index is 0. The quantitative estimate of drug-likeness (QED) is 0.321. The van der Waals surface area contributed by atoms with Crippen molar-refractivity contribution in [2.45, 2.75) is 44.0 Å². The second kappa shape index (κ2) is 12.2. The van der Waals surface area contributed by atoms with Crippen LogP contribution in [-0.2, 0) is 21.3 Å². The number of ether oxygens (including phenoxy) is 1. The Morgan fingerprint density at radius 2 is 2.00 bits per heavy atom. The third kappa shape index (κ3) is 6.54. The van der Waals surface area contributed by atoms with Crippen molar-refractivity contribution in [2.75, 3.05) is 46.4 Å². The lowest BCUT2D eigenvalue weighted by molar-refractivity contribution is 0.157. The molecule has 1 aromatic rings. The third-order valence-corrected chi connectivity index (χ3v) is 7.48. The summed E-state index contributed by atoms with van der Waals surface area (Å²) in [5.74, 6) is 1.41. The molecule has 1 aromatic carbocycles. The summed E-state index contributed by atoms with van der Waals surface area (Å²) >= 11 is 0. The van der Waals surface area contributed by atoms with E-state index in [-0.39, 0.29) is 24.0 Å². The fourth-order valence-electron chi connectivity index (χ4n) is 4.05. The topological polar surface area (TPSA) is 74.2 Å². The van der Waals surface area contributed by atoms with Crippen LogP contribution in [0.3, 0.4) is 0 Å². The van der Waals surface area contributed by atoms with Gasteiger partial charge in [0, 0.05) is 45.8 Å². The molecule has 0 amide bonds. The number of guanidine groups is 1. The largest absolute Gasteiger partial charge is 0.384 e. The predicted octanol–water partition coefficient (Wildman–Crippen LogP) is 2.91. The first-order valence-corrected chi connectivity index (χ1v) is 12.1. The summed E-state index contributed by atoms with van der Waals surface area (Å²) in [4.78, 5) is 7.42. The lowest BCUT2D eigenvalue weighted by atomic mass is 10.1. The van der Waals surface area contributed by atoms with Gasteiger partial charge in [0.05, 0.1) is 18.0 Å². The van der Waals surface area contributed by atoms with Crippen molar-refractivity contribution in [1.29, 1.82) is 0 Å². The molecule has 2 heterocycles. The van der Waals surface area contributed by atoms with Gasteiger partial charge in [0.15, 0.2) is 5.96 Å². The minimum atomic E-state index is -3.42. The molecule has 0 spiro atoms. The zero-order chi connectivity index (χ0) is 20.7. The normalized spacial score (nSPS) is 20.8. The van der Waals surface area contributed by atoms with E-state index in [1.54, 1.807) is 23.5 Å². The average molecular weight is 551 g/mol. The van der Waals surface area contributed by atoms with Crippen LogP contribution in [0.2, 0.25) is 0 Å². The number of hydrogen-bond donors (Lipinski definition) is 1. The molecule has 7 nitrogen and oxygen atoms in total. The first kappa shape index (κ1) is 25.4. The van der Waals surface area contributed by atoms with E-state index in [4.69, 9.17) is 9.73 Å². The van der Waals surface area contributed by atoms with Gasteiger partial charge < -0.3 is 15.0 Å². The van der Waals surface area contributed by atoms with E-state index in [2.05, 4.69) is 17.1 Å². The number of nitrogens with zero attached hydrogens (tertiary/aromatic N) is 3. The highest BCUT2D eigenvalue weighted by molar-refractivity contribution is 14.0. The predicted molar refractivity (Wildman–Crippen MR) is 131 cm³/mol. The summed E-state index contributed by atoms with van der Waals surface area (Å²) in [5, 5.41) is 3.36. The standard InChI is InChI=1S/C21H34N4O3S.HI/c1-3-22-21(24-13-10-19(16-24)17-28-2)23-15-18-8-7-9-20(14-18)29(26,27)25-11-5-4-6-12-25;/h7-9,14,19H,3-6,10-13,15-17H2,1-2H3,(H,22,23);1H. The van der Waals surface area contributed by atoms with Crippen molar-refractivity contribution < 1.29 is 13.2 Å². The molecule has 0 aliphatic carbocycles. The molecule has 170 valence electrons. The Morgan fingerprint density at radius 3 is 2.70 bits per heavy atom. The number of hydrogen-bond acceptors (Lipinski definition) is 4. The summed E-state index contributed by atoms with van der Waals surface area (Å²) < 4.78 is 32.8. The van der Waals surface area contributed by atoms with Gasteiger partial charge in [-0.1, -0.05) is 18.6 Å². The van der Waals surface area contributed by atoms with E-state index in [1.165, 1.54) is 0 Å². The Hall–Kier alpha value is -0.910. The molecule has 1 unspecified atom stereocenters. The molecule has 1 N–H and O–H groups in total. The zero-order valence-corrected chi connectivity index (χ0v) is 21.2. The van der Waals surface area contributed by atoms with E-state index in [9.17, 15) is 8.42 Å². The van der Waals surface area contributed by atoms with Gasteiger partial charge in [0.2, 0.25) is 10.0 Å². The molecule has 1 atom stereocenters. The van der Waals surface area contributed by atoms with Crippen molar-refractivity contribution in [2.24, 2.45) is 10.9 Å². The highest BCUT2D eigenvalue weighted by atomic mass is 127. The van der Waals surface area contributed by atoms with Crippen LogP contribution in [0.1, 0.15) is 38.2 Å². The van der Waals surface area contributed by atoms with Crippen LogP contribution < -0.4 is 5.32 Å². The fraction of sp³-hybridized carbons (Fsp3) is 0.667. The van der Waals surface area contributed by atoms with E-state index in [0.29, 0.717) is 30.4 Å². The van der Waals surface area contributed by atoms with Gasteiger partial charge >= 0.3 is 0 Å². The van der Waals surface area contributed by atoms with Crippen LogP contribution in [0.25, 0.3) is 0 Å². The molecule has 2 saturated heterocycles. The molecule has 2 aliphatic heterocycles. The Labute approximate surface area is 198 Å². The Bertz CT molecular complexity index is 797. The van der Waals surface area contributed by atoms with Gasteiger partial charge in [-0.15, -0.1) is 24.0 Å². The van der Waals surface area contributed by atoms with Crippen molar-refractivity contribution in [3.63, 3.8) is 0 Å². The van der Waals surface area contributed by atoms with Gasteiger partial charge in [-0.2, -0.15) is 4.31 Å². The van der Waals surface area contributed by atoms with Gasteiger partial charge in [0.1, 0.15) is 0 Å². The van der Waals surface area contributed by atoms with Crippen molar-refractivity contribution >= 4 is 40.0 Å². The molecule has 2 fully saturated rings. The smallest absolute Gasteiger partial charge is 0.243 e. The molecule has 2 aliphatic rings. The van der Waals surface area contributed by atoms with Gasteiger partial charge in [0.25, 0.3) is 0 Å². The highest BCUT2D eigenvalue weighted by Crippen LogP contribution is 2.22. The number of methoxy groups -OCH3 is 1. The minimum Gasteiger partial charge on any atom is -0.384 e. The van der Waals surface area contributed by atoms with Crippen LogP contribution >= 0.6 is 24.0 Å². The summed E-state index contributed by atoms with van der Waals surface area (Å²) in [6.07, 6.45) is 4.09. The van der Waals surface area contributed by atoms with E-state index in [1.807, 2.05) is 12.1 Å². The Morgan fingerprint density at radius 1 is 1.23 bits per heavy atom. The Balaban J connectivity index is 0.00000320. The molecule has 0 bridgehead atoms. The maximum absolute atomic E-state index is 12.9. The van der Waals surface area contributed by atoms with Gasteiger partial charge in [-0.25, -0.2) is 13.4 Å². The van der Waals surface area contributed by atoms with E-state index in [0.717, 1.165) is 63.4 Å². The maximum Gasteiger partial charge on any atom is 0.243 e. The summed E-state index contributed by atoms with van der Waals surface area (Å²) in [5.41, 5.74) is 0.908. The zero-order valence-electron chi connectivity index (χ0n) is 18.0. The molecule has 30 heavy (non-hydrogen) atoms. The van der Waals surface area contributed by atoms with Crippen LogP contribution in [-0.4, -0.2) is 70.0 Å². The number of benzene rings is 1. The third-order valence-electron chi connectivity index (χ3n) is 5.59. The summed E-state index contributed by atoms with van der Waals surface area (Å²) in [7, 11) is -1.67. The lowest BCUT2D eigenvalue weighted by Gasteiger charge is -2.26. The van der Waals surface area contributed by atoms with Crippen molar-refractivity contribution in [3.05, 3.63) is 29.8 Å². The first-order chi connectivity index (χ1) is 14.0. The van der Waals surface area contributed by atoms with Crippen molar-refractivity contribution in [3.8, 4) is 0 Å². The molecule has 0 saturated carbocycles. The van der Waals surface area contributed by atoms with Crippen molar-refractivity contribution in [1.82, 2.24) is 14.5 Å². The number of nitrogens with one attached hydrogen (secondary N) is 1. The molecule has 3 rings (SSSR count). The molecule has 0 aromatic heterocycles. The first-order valence-electron chi connectivity index (χ1n) is 10.7. The van der Waals surface area contributed by atoms with Gasteiger partial charge in [-0.3, -0.25) is 0 Å². The molecular weight excluding hydrogens is 515 g/mol. The number of halogens is 1. The average Bonchev–Trinajstić information content (AvgIpc) is 3.21. The molecule has 0 radical (unpaired) electrons. The second-order valence-corrected chi connectivity index (χ2v) is 9.78. The number of aliphatic imine (C=N–C) groups is 1. The fourth-order valence-corrected chi connectivity index (χ4v) is 5.64. The van der Waals surface area contributed by atoms with E-state index >= 15 is 0 Å². The highest BCUT2D eigenvalue weighted by Gasteiger charge is 2.26. The van der Waals surface area contributed by atoms with Gasteiger partial charge in [-0.05, 0) is 43.9 Å². The summed E-state index contributed by atoms with van der Waals surface area (Å²) in [6, 6.07) is 7.23. The monoisotopic (exact) mass is 550 g/mol. The number of sulfonamides is 1. The van der Waals surface area contributed by atoms with E-state index < -0.39 is 10.0 Å². The van der Waals surface area contributed by atoms with Crippen LogP contribution in [0.4, 0.5) is 0 Å². The number of piperidine rings is 1. The van der Waals surface area contributed by atoms with Crippen LogP contribution in [0.5, 0.6) is 0 Å². The molecular formula is C21H35IN4O3S. The summed E-state index contributed by atoms with van der Waals surface area (Å²) in [6.45, 7) is 7.22. The van der Waals surface area contributed by atoms with Crippen LogP contribution in [0, 0.1) is 5.92 Å². The number of rotatable bonds is 7. The molecule has 9 heteroatoms. The van der Waals surface area contributed by atoms with Crippen LogP contribution in [0.15, 0.2) is 34.2 Å². The second-order valence-electron chi connectivity index (χ2n) is 7.84. The number of likely N-dealkylation sites (tertiary alicyclic amines) is 1. The lowest BCUT2D eigenvalue weighted by Crippen LogP contribution is -2.40. The maximum atomic E-state index is 12.9.